The van der Waals surface area contributed by atoms with Gasteiger partial charge in [-0.25, -0.2) is 4.39 Å². The van der Waals surface area contributed by atoms with Crippen LogP contribution in [0.25, 0.3) is 0 Å². The number of benzene rings is 1. The first-order chi connectivity index (χ1) is 9.06. The molecule has 0 saturated heterocycles. The minimum atomic E-state index is -0.619. The molecule has 5 heteroatoms. The summed E-state index contributed by atoms with van der Waals surface area (Å²) in [5.41, 5.74) is 5.73. The van der Waals surface area contributed by atoms with Gasteiger partial charge in [-0.2, -0.15) is 0 Å². The van der Waals surface area contributed by atoms with E-state index in [-0.39, 0.29) is 11.2 Å². The van der Waals surface area contributed by atoms with E-state index in [0.717, 1.165) is 12.8 Å². The molecule has 0 heterocycles. The van der Waals surface area contributed by atoms with Crippen LogP contribution >= 0.6 is 0 Å². The highest BCUT2D eigenvalue weighted by Crippen LogP contribution is 2.34. The van der Waals surface area contributed by atoms with E-state index in [0.29, 0.717) is 18.7 Å². The summed E-state index contributed by atoms with van der Waals surface area (Å²) in [4.78, 5) is 10.9. The second-order valence-corrected chi connectivity index (χ2v) is 5.01. The molecule has 1 aliphatic carbocycles. The average molecular weight is 266 g/mol. The van der Waals surface area contributed by atoms with Gasteiger partial charge in [0, 0.05) is 31.3 Å². The number of carbonyl (C=O) groups is 1. The number of ether oxygens (including phenoxy) is 1. The highest BCUT2D eigenvalue weighted by atomic mass is 19.1. The Kier molecular flexibility index (Phi) is 4.17. The molecule has 1 aromatic rings. The minimum Gasteiger partial charge on any atom is -0.377 e. The smallest absolute Gasteiger partial charge is 0.248 e. The van der Waals surface area contributed by atoms with Gasteiger partial charge < -0.3 is 15.8 Å². The molecule has 0 spiro atoms. The number of carbonyl (C=O) groups excluding carboxylic acids is 1. The van der Waals surface area contributed by atoms with E-state index in [1.54, 1.807) is 13.2 Å². The SMILES string of the molecule is COC1(CNCc2ccc(C(N)=O)cc2F)CCC1. The molecular weight excluding hydrogens is 247 g/mol. The van der Waals surface area contributed by atoms with Crippen molar-refractivity contribution in [3.05, 3.63) is 35.1 Å². The van der Waals surface area contributed by atoms with Crippen LogP contribution < -0.4 is 11.1 Å². The zero-order valence-electron chi connectivity index (χ0n) is 11.0. The summed E-state index contributed by atoms with van der Waals surface area (Å²) in [5.74, 6) is -1.03. The fraction of sp³-hybridized carbons (Fsp3) is 0.500. The van der Waals surface area contributed by atoms with Gasteiger partial charge >= 0.3 is 0 Å². The van der Waals surface area contributed by atoms with Crippen LogP contribution in [0, 0.1) is 5.82 Å². The lowest BCUT2D eigenvalue weighted by Crippen LogP contribution is -2.47. The number of primary amides is 1. The highest BCUT2D eigenvalue weighted by Gasteiger charge is 2.36. The second-order valence-electron chi connectivity index (χ2n) is 5.01. The zero-order chi connectivity index (χ0) is 13.9. The van der Waals surface area contributed by atoms with E-state index < -0.39 is 11.7 Å². The highest BCUT2D eigenvalue weighted by molar-refractivity contribution is 5.92. The largest absolute Gasteiger partial charge is 0.377 e. The first-order valence-corrected chi connectivity index (χ1v) is 6.40. The van der Waals surface area contributed by atoms with Crippen LogP contribution in [0.5, 0.6) is 0 Å². The van der Waals surface area contributed by atoms with Crippen molar-refractivity contribution in [3.63, 3.8) is 0 Å². The molecule has 1 amide bonds. The third kappa shape index (κ3) is 3.11. The Labute approximate surface area is 112 Å². The van der Waals surface area contributed by atoms with E-state index in [9.17, 15) is 9.18 Å². The Hall–Kier alpha value is -1.46. The molecule has 0 atom stereocenters. The number of halogens is 1. The van der Waals surface area contributed by atoms with Gasteiger partial charge in [0.1, 0.15) is 5.82 Å². The number of methoxy groups -OCH3 is 1. The van der Waals surface area contributed by atoms with Gasteiger partial charge in [-0.05, 0) is 31.4 Å². The van der Waals surface area contributed by atoms with Crippen LogP contribution in [-0.4, -0.2) is 25.2 Å². The number of nitrogens with one attached hydrogen (secondary N) is 1. The van der Waals surface area contributed by atoms with Gasteiger partial charge in [-0.15, -0.1) is 0 Å². The van der Waals surface area contributed by atoms with Gasteiger partial charge in [0.2, 0.25) is 5.91 Å². The van der Waals surface area contributed by atoms with Crippen LogP contribution in [-0.2, 0) is 11.3 Å². The molecule has 1 saturated carbocycles. The molecular formula is C14H19FN2O2. The fourth-order valence-corrected chi connectivity index (χ4v) is 2.29. The molecule has 19 heavy (non-hydrogen) atoms. The van der Waals surface area contributed by atoms with Gasteiger partial charge in [0.25, 0.3) is 0 Å². The Morgan fingerprint density at radius 3 is 2.74 bits per heavy atom. The molecule has 1 aliphatic rings. The second kappa shape index (κ2) is 5.67. The lowest BCUT2D eigenvalue weighted by Gasteiger charge is -2.40. The maximum Gasteiger partial charge on any atom is 0.248 e. The van der Waals surface area contributed by atoms with Crippen molar-refractivity contribution in [3.8, 4) is 0 Å². The summed E-state index contributed by atoms with van der Waals surface area (Å²) < 4.78 is 19.2. The summed E-state index contributed by atoms with van der Waals surface area (Å²) >= 11 is 0. The van der Waals surface area contributed by atoms with Crippen molar-refractivity contribution >= 4 is 5.91 Å². The molecule has 0 aromatic heterocycles. The molecule has 3 N–H and O–H groups in total. The van der Waals surface area contributed by atoms with Crippen LogP contribution in [0.1, 0.15) is 35.2 Å². The summed E-state index contributed by atoms with van der Waals surface area (Å²) in [6.07, 6.45) is 3.26. The number of hydrogen-bond donors (Lipinski definition) is 2. The number of hydrogen-bond acceptors (Lipinski definition) is 3. The third-order valence-electron chi connectivity index (χ3n) is 3.80. The average Bonchev–Trinajstić information content (AvgIpc) is 2.34. The molecule has 1 aromatic carbocycles. The molecule has 104 valence electrons. The molecule has 0 bridgehead atoms. The van der Waals surface area contributed by atoms with Gasteiger partial charge in [-0.3, -0.25) is 4.79 Å². The van der Waals surface area contributed by atoms with Crippen LogP contribution in [0.4, 0.5) is 4.39 Å². The Morgan fingerprint density at radius 2 is 2.26 bits per heavy atom. The number of rotatable bonds is 6. The maximum absolute atomic E-state index is 13.7. The monoisotopic (exact) mass is 266 g/mol. The normalized spacial score (nSPS) is 16.9. The Bertz CT molecular complexity index is 467. The Balaban J connectivity index is 1.91. The molecule has 1 fully saturated rings. The molecule has 2 rings (SSSR count). The minimum absolute atomic E-state index is 0.0797. The quantitative estimate of drug-likeness (QED) is 0.821. The van der Waals surface area contributed by atoms with Crippen molar-refractivity contribution in [2.24, 2.45) is 5.73 Å². The topological polar surface area (TPSA) is 64.3 Å². The lowest BCUT2D eigenvalue weighted by molar-refractivity contribution is -0.0695. The van der Waals surface area contributed by atoms with Crippen molar-refractivity contribution in [2.45, 2.75) is 31.4 Å². The lowest BCUT2D eigenvalue weighted by atomic mass is 9.80. The van der Waals surface area contributed by atoms with Crippen molar-refractivity contribution in [1.82, 2.24) is 5.32 Å². The fourth-order valence-electron chi connectivity index (χ4n) is 2.29. The first-order valence-electron chi connectivity index (χ1n) is 6.40. The van der Waals surface area contributed by atoms with Crippen molar-refractivity contribution in [1.29, 1.82) is 0 Å². The van der Waals surface area contributed by atoms with Gasteiger partial charge in [-0.1, -0.05) is 6.07 Å². The third-order valence-corrected chi connectivity index (χ3v) is 3.80. The van der Waals surface area contributed by atoms with E-state index in [1.165, 1.54) is 18.6 Å². The zero-order valence-corrected chi connectivity index (χ0v) is 11.0. The number of nitrogens with two attached hydrogens (primary N) is 1. The van der Waals surface area contributed by atoms with Gasteiger partial charge in [0.05, 0.1) is 5.60 Å². The summed E-state index contributed by atoms with van der Waals surface area (Å²) in [5, 5.41) is 3.20. The van der Waals surface area contributed by atoms with E-state index >= 15 is 0 Å². The summed E-state index contributed by atoms with van der Waals surface area (Å²) in [7, 11) is 1.71. The number of amides is 1. The van der Waals surface area contributed by atoms with Crippen molar-refractivity contribution in [2.75, 3.05) is 13.7 Å². The van der Waals surface area contributed by atoms with E-state index in [4.69, 9.17) is 10.5 Å². The van der Waals surface area contributed by atoms with Gasteiger partial charge in [0.15, 0.2) is 0 Å². The molecule has 0 aliphatic heterocycles. The maximum atomic E-state index is 13.7. The predicted octanol–water partition coefficient (Wildman–Crippen LogP) is 1.58. The molecule has 0 unspecified atom stereocenters. The van der Waals surface area contributed by atoms with Crippen LogP contribution in [0.15, 0.2) is 18.2 Å². The van der Waals surface area contributed by atoms with Crippen LogP contribution in [0.2, 0.25) is 0 Å². The standard InChI is InChI=1S/C14H19FN2O2/c1-19-14(5-2-6-14)9-17-8-11-4-3-10(13(16)18)7-12(11)15/h3-4,7,17H,2,5-6,8-9H2,1H3,(H2,16,18). The Morgan fingerprint density at radius 1 is 1.53 bits per heavy atom. The molecule has 0 radical (unpaired) electrons. The summed E-state index contributed by atoms with van der Waals surface area (Å²) in [6.45, 7) is 1.12. The van der Waals surface area contributed by atoms with Crippen LogP contribution in [0.3, 0.4) is 0 Å². The predicted molar refractivity (Wildman–Crippen MR) is 70.2 cm³/mol. The van der Waals surface area contributed by atoms with Crippen molar-refractivity contribution < 1.29 is 13.9 Å². The van der Waals surface area contributed by atoms with E-state index in [2.05, 4.69) is 5.32 Å². The first kappa shape index (κ1) is 14.0. The van der Waals surface area contributed by atoms with E-state index in [1.807, 2.05) is 0 Å². The molecule has 4 nitrogen and oxygen atoms in total. The summed E-state index contributed by atoms with van der Waals surface area (Å²) in [6, 6.07) is 4.30.